The van der Waals surface area contributed by atoms with Gasteiger partial charge in [-0.15, -0.1) is 6.58 Å². The quantitative estimate of drug-likeness (QED) is 0.236. The molecule has 0 atom stereocenters. The van der Waals surface area contributed by atoms with Crippen LogP contribution in [0, 0.1) is 6.92 Å². The minimum Gasteiger partial charge on any atom is -0.481 e. The van der Waals surface area contributed by atoms with Crippen molar-refractivity contribution in [2.45, 2.75) is 103 Å². The van der Waals surface area contributed by atoms with Crippen LogP contribution in [0.1, 0.15) is 70.2 Å². The zero-order chi connectivity index (χ0) is 31.0. The summed E-state index contributed by atoms with van der Waals surface area (Å²) >= 11 is 0. The summed E-state index contributed by atoms with van der Waals surface area (Å²) in [5, 5.41) is 42.2. The maximum Gasteiger partial charge on any atom is 0.336 e. The molecular formula is C29H43N5O7. The molecule has 0 unspecified atom stereocenters. The van der Waals surface area contributed by atoms with Gasteiger partial charge in [-0.3, -0.25) is 24.2 Å². The number of pyridine rings is 1. The van der Waals surface area contributed by atoms with E-state index in [4.69, 9.17) is 20.4 Å². The summed E-state index contributed by atoms with van der Waals surface area (Å²) in [6.45, 7) is 17.8. The Hall–Kier alpha value is -3.61. The lowest BCUT2D eigenvalue weighted by atomic mass is 9.79. The highest BCUT2D eigenvalue weighted by Gasteiger charge is 2.41. The predicted molar refractivity (Wildman–Crippen MR) is 152 cm³/mol. The highest BCUT2D eigenvalue weighted by atomic mass is 16.4. The van der Waals surface area contributed by atoms with Crippen LogP contribution < -0.4 is 5.32 Å². The van der Waals surface area contributed by atoms with Gasteiger partial charge < -0.3 is 25.7 Å². The lowest BCUT2D eigenvalue weighted by Gasteiger charge is -2.49. The highest BCUT2D eigenvalue weighted by molar-refractivity contribution is 5.88. The molecule has 0 amide bonds. The van der Waals surface area contributed by atoms with Crippen LogP contribution in [-0.4, -0.2) is 80.7 Å². The lowest BCUT2D eigenvalue weighted by molar-refractivity contribution is -0.170. The van der Waals surface area contributed by atoms with Crippen LogP contribution in [0.5, 0.6) is 0 Å². The van der Waals surface area contributed by atoms with Crippen molar-refractivity contribution in [1.29, 1.82) is 0 Å². The molecule has 3 rings (SSSR count). The zero-order valence-electron chi connectivity index (χ0n) is 24.5. The van der Waals surface area contributed by atoms with E-state index in [1.807, 2.05) is 35.4 Å². The van der Waals surface area contributed by atoms with E-state index in [9.17, 15) is 14.4 Å². The molecule has 0 spiro atoms. The fraction of sp³-hybridized carbons (Fsp3) is 0.552. The molecule has 0 bridgehead atoms. The number of aliphatic carboxylic acids is 3. The molecule has 2 aromatic heterocycles. The number of piperidine rings is 1. The van der Waals surface area contributed by atoms with Gasteiger partial charge in [-0.05, 0) is 59.1 Å². The van der Waals surface area contributed by atoms with Crippen molar-refractivity contribution in [3.05, 3.63) is 60.2 Å². The Kier molecular flexibility index (Phi) is 11.3. The Labute approximate surface area is 240 Å². The summed E-state index contributed by atoms with van der Waals surface area (Å²) < 4.78 is 2.03. The topological polar surface area (TPSA) is 178 Å². The molecular weight excluding hydrogens is 530 g/mol. The number of rotatable bonds is 12. The summed E-state index contributed by atoms with van der Waals surface area (Å²) in [7, 11) is 0. The largest absolute Gasteiger partial charge is 0.481 e. The van der Waals surface area contributed by atoms with Gasteiger partial charge in [0.2, 0.25) is 0 Å². The van der Waals surface area contributed by atoms with Gasteiger partial charge >= 0.3 is 17.9 Å². The van der Waals surface area contributed by atoms with E-state index in [-0.39, 0.29) is 11.1 Å². The molecule has 0 aliphatic carbocycles. The molecule has 1 aliphatic heterocycles. The van der Waals surface area contributed by atoms with E-state index >= 15 is 0 Å². The summed E-state index contributed by atoms with van der Waals surface area (Å²) in [6, 6.07) is 4.69. The third-order valence-electron chi connectivity index (χ3n) is 6.96. The first kappa shape index (κ1) is 33.6. The number of allylic oxidation sites excluding steroid dienone is 1. The summed E-state index contributed by atoms with van der Waals surface area (Å²) in [5.41, 5.74) is 1.26. The second-order valence-electron chi connectivity index (χ2n) is 11.9. The Bertz CT molecular complexity index is 1180. The molecule has 1 aliphatic rings. The number of nitrogens with one attached hydrogen (secondary N) is 1. The second kappa shape index (κ2) is 13.8. The monoisotopic (exact) mass is 573 g/mol. The summed E-state index contributed by atoms with van der Waals surface area (Å²) in [4.78, 5) is 37.4. The SMILES string of the molecule is C=CCn1ncc(CN(Cc2cccnc2)C2CC(C)(C)NC(C)(C)C2)c1C.O=C(O)CC(O)(CC(=O)O)C(=O)O. The van der Waals surface area contributed by atoms with Crippen LogP contribution in [0.25, 0.3) is 0 Å². The normalized spacial score (nSPS) is 16.5. The molecule has 1 saturated heterocycles. The molecule has 0 saturated carbocycles. The van der Waals surface area contributed by atoms with Crippen LogP contribution in [0.2, 0.25) is 0 Å². The highest BCUT2D eigenvalue weighted by Crippen LogP contribution is 2.33. The van der Waals surface area contributed by atoms with E-state index < -0.39 is 36.4 Å². The molecule has 12 heteroatoms. The predicted octanol–water partition coefficient (Wildman–Crippen LogP) is 2.84. The summed E-state index contributed by atoms with van der Waals surface area (Å²) in [5.74, 6) is -5.02. The maximum atomic E-state index is 10.3. The number of carbonyl (C=O) groups is 3. The van der Waals surface area contributed by atoms with E-state index in [0.29, 0.717) is 6.04 Å². The minimum atomic E-state index is -2.74. The number of aliphatic hydroxyl groups is 1. The number of hydrogen-bond donors (Lipinski definition) is 5. The number of hydrogen-bond acceptors (Lipinski definition) is 8. The Balaban J connectivity index is 0.000000383. The molecule has 1 fully saturated rings. The molecule has 41 heavy (non-hydrogen) atoms. The van der Waals surface area contributed by atoms with Gasteiger partial charge in [0.15, 0.2) is 5.60 Å². The first-order valence-electron chi connectivity index (χ1n) is 13.4. The van der Waals surface area contributed by atoms with Gasteiger partial charge in [-0.2, -0.15) is 5.10 Å². The molecule has 2 aromatic rings. The molecule has 5 N–H and O–H groups in total. The fourth-order valence-electron chi connectivity index (χ4n) is 5.45. The molecule has 0 radical (unpaired) electrons. The van der Waals surface area contributed by atoms with Crippen LogP contribution >= 0.6 is 0 Å². The standard InChI is InChI=1S/C23H35N5.C6H8O7/c1-7-11-28-18(2)20(15-25-28)17-27(16-19-9-8-10-24-14-19)21-12-22(3,4)26-23(5,6)13-21;7-3(8)1-6(13,5(11)12)2-4(9)10/h7-10,14-15,21,26H,1,11-13,16-17H2,2-6H3;13H,1-2H2,(H,7,8)(H,9,10)(H,11,12). The van der Waals surface area contributed by atoms with E-state index in [1.54, 1.807) is 0 Å². The number of carboxylic acid groups (broad SMARTS) is 3. The first-order valence-corrected chi connectivity index (χ1v) is 13.4. The average Bonchev–Trinajstić information content (AvgIpc) is 3.16. The van der Waals surface area contributed by atoms with Crippen molar-refractivity contribution < 1.29 is 34.8 Å². The van der Waals surface area contributed by atoms with Crippen molar-refractivity contribution >= 4 is 17.9 Å². The first-order chi connectivity index (χ1) is 19.0. The van der Waals surface area contributed by atoms with Gasteiger partial charge in [0.25, 0.3) is 0 Å². The van der Waals surface area contributed by atoms with Crippen molar-refractivity contribution in [1.82, 2.24) is 25.0 Å². The van der Waals surface area contributed by atoms with Crippen molar-refractivity contribution in [3.63, 3.8) is 0 Å². The average molecular weight is 574 g/mol. The van der Waals surface area contributed by atoms with Gasteiger partial charge in [-0.25, -0.2) is 4.79 Å². The fourth-order valence-corrected chi connectivity index (χ4v) is 5.45. The van der Waals surface area contributed by atoms with Crippen molar-refractivity contribution in [2.24, 2.45) is 0 Å². The minimum absolute atomic E-state index is 0.113. The van der Waals surface area contributed by atoms with E-state index in [1.165, 1.54) is 16.8 Å². The molecule has 3 heterocycles. The van der Waals surface area contributed by atoms with Gasteiger partial charge in [0.1, 0.15) is 0 Å². The number of carboxylic acids is 3. The zero-order valence-corrected chi connectivity index (χ0v) is 24.5. The summed E-state index contributed by atoms with van der Waals surface area (Å²) in [6.07, 6.45) is 7.70. The third kappa shape index (κ3) is 10.4. The van der Waals surface area contributed by atoms with Gasteiger partial charge in [0.05, 0.1) is 25.6 Å². The van der Waals surface area contributed by atoms with Gasteiger partial charge in [0, 0.05) is 53.9 Å². The smallest absolute Gasteiger partial charge is 0.336 e. The van der Waals surface area contributed by atoms with Crippen LogP contribution in [-0.2, 0) is 34.0 Å². The van der Waals surface area contributed by atoms with Gasteiger partial charge in [-0.1, -0.05) is 12.1 Å². The number of aromatic nitrogens is 3. The van der Waals surface area contributed by atoms with Crippen LogP contribution in [0.4, 0.5) is 0 Å². The van der Waals surface area contributed by atoms with Crippen LogP contribution in [0.15, 0.2) is 43.4 Å². The maximum absolute atomic E-state index is 10.3. The lowest BCUT2D eigenvalue weighted by Crippen LogP contribution is -2.62. The number of nitrogens with zero attached hydrogens (tertiary/aromatic N) is 4. The second-order valence-corrected chi connectivity index (χ2v) is 11.9. The van der Waals surface area contributed by atoms with Crippen molar-refractivity contribution in [2.75, 3.05) is 0 Å². The van der Waals surface area contributed by atoms with E-state index in [2.05, 4.69) is 67.6 Å². The molecule has 12 nitrogen and oxygen atoms in total. The van der Waals surface area contributed by atoms with E-state index in [0.717, 1.165) is 32.5 Å². The third-order valence-corrected chi connectivity index (χ3v) is 6.96. The molecule has 226 valence electrons. The van der Waals surface area contributed by atoms with Crippen molar-refractivity contribution in [3.8, 4) is 0 Å². The van der Waals surface area contributed by atoms with Crippen LogP contribution in [0.3, 0.4) is 0 Å². The molecule has 0 aromatic carbocycles. The Morgan fingerprint density at radius 3 is 2.15 bits per heavy atom. The Morgan fingerprint density at radius 2 is 1.68 bits per heavy atom. The Morgan fingerprint density at radius 1 is 1.10 bits per heavy atom.